The number of nitrogens with one attached hydrogen (secondary N) is 1. The van der Waals surface area contributed by atoms with Gasteiger partial charge in [-0.3, -0.25) is 9.59 Å². The highest BCUT2D eigenvalue weighted by Gasteiger charge is 2.05. The summed E-state index contributed by atoms with van der Waals surface area (Å²) in [5, 5.41) is 28.4. The van der Waals surface area contributed by atoms with E-state index in [-0.39, 0.29) is 30.3 Å². The third-order valence-corrected chi connectivity index (χ3v) is 3.74. The third-order valence-electron chi connectivity index (χ3n) is 3.74. The van der Waals surface area contributed by atoms with E-state index in [1.54, 1.807) is 36.4 Å². The lowest BCUT2D eigenvalue weighted by Crippen LogP contribution is -2.23. The number of carbonyl (C=O) groups is 2. The number of ether oxygens (including phenoxy) is 2. The van der Waals surface area contributed by atoms with E-state index in [1.165, 1.54) is 30.5 Å². The molecule has 0 saturated heterocycles. The highest BCUT2D eigenvalue weighted by Crippen LogP contribution is 2.01. The predicted molar refractivity (Wildman–Crippen MR) is 119 cm³/mol. The van der Waals surface area contributed by atoms with E-state index in [0.717, 1.165) is 12.8 Å². The average Bonchev–Trinajstić information content (AvgIpc) is 2.80. The molecular formula is C23H26N6O4. The van der Waals surface area contributed by atoms with Crippen molar-refractivity contribution in [3.8, 4) is 18.2 Å². The molecule has 0 saturated carbocycles. The first-order valence-electron chi connectivity index (χ1n) is 10.0. The van der Waals surface area contributed by atoms with Gasteiger partial charge in [-0.25, -0.2) is 10.1 Å². The monoisotopic (exact) mass is 450 g/mol. The highest BCUT2D eigenvalue weighted by molar-refractivity contribution is 5.72. The van der Waals surface area contributed by atoms with Gasteiger partial charge in [-0.2, -0.15) is 10.5 Å². The molecule has 0 aliphatic heterocycles. The predicted octanol–water partition coefficient (Wildman–Crippen LogP) is 2.48. The van der Waals surface area contributed by atoms with Crippen molar-refractivity contribution in [2.75, 3.05) is 33.4 Å². The van der Waals surface area contributed by atoms with Crippen molar-refractivity contribution >= 4 is 11.9 Å². The maximum absolute atomic E-state index is 11.8. The molecule has 0 aliphatic carbocycles. The van der Waals surface area contributed by atoms with Gasteiger partial charge in [-0.05, 0) is 56.3 Å². The van der Waals surface area contributed by atoms with Crippen LogP contribution in [0.5, 0.6) is 0 Å². The third kappa shape index (κ3) is 16.9. The molecule has 0 unspecified atom stereocenters. The number of unbranched alkanes of at least 4 members (excludes halogenated alkanes) is 3. The molecule has 33 heavy (non-hydrogen) atoms. The van der Waals surface area contributed by atoms with Crippen molar-refractivity contribution in [3.63, 3.8) is 0 Å². The largest absolute Gasteiger partial charge is 0.464 e. The molecular weight excluding hydrogens is 424 g/mol. The molecule has 0 spiro atoms. The lowest BCUT2D eigenvalue weighted by Gasteiger charge is -2.12. The van der Waals surface area contributed by atoms with Crippen molar-refractivity contribution in [1.29, 1.82) is 15.8 Å². The first kappa shape index (κ1) is 28.5. The molecule has 0 radical (unpaired) electrons. The van der Waals surface area contributed by atoms with Crippen LogP contribution in [0.3, 0.4) is 0 Å². The minimum Gasteiger partial charge on any atom is -0.464 e. The zero-order valence-corrected chi connectivity index (χ0v) is 18.5. The summed E-state index contributed by atoms with van der Waals surface area (Å²) in [6, 6.07) is 5.17. The summed E-state index contributed by atoms with van der Waals surface area (Å²) in [4.78, 5) is 27.9. The van der Waals surface area contributed by atoms with E-state index in [9.17, 15) is 9.59 Å². The van der Waals surface area contributed by atoms with Crippen molar-refractivity contribution in [3.05, 3.63) is 59.4 Å². The van der Waals surface area contributed by atoms with Crippen LogP contribution in [0.25, 0.3) is 4.85 Å². The Morgan fingerprint density at radius 1 is 0.970 bits per heavy atom. The number of rotatable bonds is 15. The van der Waals surface area contributed by atoms with Crippen molar-refractivity contribution in [2.24, 2.45) is 0 Å². The van der Waals surface area contributed by atoms with Crippen LogP contribution >= 0.6 is 0 Å². The zero-order valence-electron chi connectivity index (χ0n) is 18.5. The van der Waals surface area contributed by atoms with E-state index >= 15 is 0 Å². The lowest BCUT2D eigenvalue weighted by atomic mass is 10.2. The Morgan fingerprint density at radius 3 is 2.18 bits per heavy atom. The summed E-state index contributed by atoms with van der Waals surface area (Å²) < 4.78 is 10.2. The van der Waals surface area contributed by atoms with Crippen LogP contribution < -0.4 is 5.32 Å². The number of nitriles is 3. The van der Waals surface area contributed by atoms with E-state index in [0.29, 0.717) is 26.1 Å². The summed E-state index contributed by atoms with van der Waals surface area (Å²) in [6.45, 7) is 7.38. The molecule has 0 aromatic rings. The van der Waals surface area contributed by atoms with Gasteiger partial charge in [-0.15, -0.1) is 0 Å². The summed E-state index contributed by atoms with van der Waals surface area (Å²) in [7, 11) is 1.68. The molecule has 0 aromatic heterocycles. The SMILES string of the molecule is [C-]#[N+]/C(C#N)=C/C=C/N(C)CC(=O)OCCCCCCOC(=O)CN/C=C/C=C(C#N)C#N. The fraction of sp³-hybridized carbons (Fsp3) is 0.391. The molecule has 0 amide bonds. The number of allylic oxidation sites excluding steroid dienone is 6. The van der Waals surface area contributed by atoms with Crippen LogP contribution in [0, 0.1) is 40.6 Å². The van der Waals surface area contributed by atoms with Gasteiger partial charge in [0.05, 0.1) is 25.9 Å². The summed E-state index contributed by atoms with van der Waals surface area (Å²) >= 11 is 0. The van der Waals surface area contributed by atoms with Gasteiger partial charge in [0.2, 0.25) is 0 Å². The quantitative estimate of drug-likeness (QED) is 0.131. The van der Waals surface area contributed by atoms with Gasteiger partial charge in [0, 0.05) is 7.05 Å². The summed E-state index contributed by atoms with van der Waals surface area (Å²) in [5.41, 5.74) is -0.0739. The summed E-state index contributed by atoms with van der Waals surface area (Å²) in [6.07, 6.45) is 11.7. The van der Waals surface area contributed by atoms with Gasteiger partial charge < -0.3 is 19.7 Å². The van der Waals surface area contributed by atoms with E-state index < -0.39 is 5.97 Å². The van der Waals surface area contributed by atoms with Crippen LogP contribution in [0.1, 0.15) is 25.7 Å². The number of hydrogen-bond donors (Lipinski definition) is 1. The second-order valence-electron chi connectivity index (χ2n) is 6.43. The second-order valence-corrected chi connectivity index (χ2v) is 6.43. The van der Waals surface area contributed by atoms with Gasteiger partial charge in [-0.1, -0.05) is 6.08 Å². The number of nitrogens with zero attached hydrogens (tertiary/aromatic N) is 5. The molecule has 10 heteroatoms. The molecule has 172 valence electrons. The second kappa shape index (κ2) is 19.4. The van der Waals surface area contributed by atoms with E-state index in [2.05, 4.69) is 10.2 Å². The Bertz CT molecular complexity index is 891. The van der Waals surface area contributed by atoms with E-state index in [4.69, 9.17) is 31.8 Å². The van der Waals surface area contributed by atoms with Crippen LogP contribution in [0.4, 0.5) is 0 Å². The fourth-order valence-electron chi connectivity index (χ4n) is 2.12. The minimum atomic E-state index is -0.412. The maximum Gasteiger partial charge on any atom is 0.325 e. The maximum atomic E-state index is 11.8. The molecule has 1 N–H and O–H groups in total. The van der Waals surface area contributed by atoms with Gasteiger partial charge >= 0.3 is 11.9 Å². The van der Waals surface area contributed by atoms with Crippen molar-refractivity contribution in [1.82, 2.24) is 10.2 Å². The molecule has 0 aliphatic rings. The molecule has 0 aromatic carbocycles. The van der Waals surface area contributed by atoms with Gasteiger partial charge in [0.1, 0.15) is 30.8 Å². The smallest absolute Gasteiger partial charge is 0.325 e. The van der Waals surface area contributed by atoms with Gasteiger partial charge in [0.15, 0.2) is 0 Å². The van der Waals surface area contributed by atoms with Gasteiger partial charge in [0.25, 0.3) is 5.70 Å². The Labute approximate surface area is 194 Å². The van der Waals surface area contributed by atoms with Crippen LogP contribution in [-0.2, 0) is 19.1 Å². The topological polar surface area (TPSA) is 144 Å². The highest BCUT2D eigenvalue weighted by atomic mass is 16.5. The normalized spacial score (nSPS) is 10.4. The molecule has 10 nitrogen and oxygen atoms in total. The molecule has 0 heterocycles. The van der Waals surface area contributed by atoms with Crippen LogP contribution in [0.15, 0.2) is 48.0 Å². The Hall–Kier alpha value is -4.54. The Kier molecular flexibility index (Phi) is 16.8. The van der Waals surface area contributed by atoms with Crippen molar-refractivity contribution in [2.45, 2.75) is 25.7 Å². The number of esters is 2. The first-order chi connectivity index (χ1) is 16.0. The Morgan fingerprint density at radius 2 is 1.61 bits per heavy atom. The van der Waals surface area contributed by atoms with Crippen LogP contribution in [-0.4, -0.2) is 50.2 Å². The number of likely N-dealkylation sites (N-methyl/N-ethyl adjacent to an activating group) is 1. The number of carbonyl (C=O) groups excluding carboxylic acids is 2. The first-order valence-corrected chi connectivity index (χ1v) is 10.0. The standard InChI is InChI=1S/C23H26N6O4/c1-27-21(17-26)10-8-12-29(2)19-23(31)33-14-6-4-3-5-13-32-22(30)18-28-11-7-9-20(15-24)16-25/h7-12,28H,3-6,13-14,18-19H2,2H3/b11-7+,12-8+,21-10+. The molecule has 0 fully saturated rings. The lowest BCUT2D eigenvalue weighted by molar-refractivity contribution is -0.144. The Balaban J connectivity index is 3.76. The summed E-state index contributed by atoms with van der Waals surface area (Å²) in [5.74, 6) is -0.788. The fourth-order valence-corrected chi connectivity index (χ4v) is 2.12. The zero-order chi connectivity index (χ0) is 24.7. The van der Waals surface area contributed by atoms with Crippen molar-refractivity contribution < 1.29 is 19.1 Å². The molecule has 0 bridgehead atoms. The number of hydrogen-bond acceptors (Lipinski definition) is 9. The van der Waals surface area contributed by atoms with E-state index in [1.807, 2.05) is 0 Å². The molecule has 0 atom stereocenters. The minimum absolute atomic E-state index is 0.0201. The average molecular weight is 450 g/mol. The molecule has 0 rings (SSSR count). The van der Waals surface area contributed by atoms with Crippen LogP contribution in [0.2, 0.25) is 0 Å².